The van der Waals surface area contributed by atoms with Crippen molar-refractivity contribution in [3.63, 3.8) is 0 Å². The molecule has 0 aliphatic heterocycles. The van der Waals surface area contributed by atoms with Gasteiger partial charge in [0.1, 0.15) is 5.75 Å². The van der Waals surface area contributed by atoms with E-state index in [2.05, 4.69) is 15.0 Å². The second-order valence-corrected chi connectivity index (χ2v) is 9.10. The summed E-state index contributed by atoms with van der Waals surface area (Å²) in [4.78, 5) is 16.6. The van der Waals surface area contributed by atoms with Gasteiger partial charge in [0.25, 0.3) is 5.91 Å². The zero-order valence-corrected chi connectivity index (χ0v) is 18.8. The maximum Gasteiger partial charge on any atom is 0.257 e. The number of aromatic nitrogens is 2. The lowest BCUT2D eigenvalue weighted by Gasteiger charge is -2.13. The Bertz CT molecular complexity index is 1170. The van der Waals surface area contributed by atoms with E-state index in [1.807, 2.05) is 4.57 Å². The Hall–Kier alpha value is -2.59. The summed E-state index contributed by atoms with van der Waals surface area (Å²) < 4.78 is 35.0. The van der Waals surface area contributed by atoms with Crippen LogP contribution in [0.15, 0.2) is 60.0 Å². The topological polar surface area (TPSA) is 102 Å². The number of carbonyl (C=O) groups is 1. The number of methoxy groups -OCH3 is 1. The number of halogens is 2. The SMILES string of the molecule is COc1ccc(S(=O)(=O)NCCCn2ccnc2)cc1NC(=O)c1ccc(Cl)cc1Cl. The molecule has 0 unspecified atom stereocenters. The van der Waals surface area contributed by atoms with Gasteiger partial charge in [-0.1, -0.05) is 23.2 Å². The quantitative estimate of drug-likeness (QED) is 0.451. The molecule has 0 aliphatic carbocycles. The minimum absolute atomic E-state index is 0.00608. The van der Waals surface area contributed by atoms with Crippen molar-refractivity contribution in [2.75, 3.05) is 19.0 Å². The number of rotatable bonds is 9. The predicted octanol–water partition coefficient (Wildman–Crippen LogP) is 3.82. The van der Waals surface area contributed by atoms with E-state index in [0.29, 0.717) is 23.7 Å². The van der Waals surface area contributed by atoms with Crippen LogP contribution in [-0.4, -0.2) is 37.5 Å². The summed E-state index contributed by atoms with van der Waals surface area (Å²) in [6.45, 7) is 0.878. The maximum absolute atomic E-state index is 12.7. The Morgan fingerprint density at radius 1 is 1.19 bits per heavy atom. The summed E-state index contributed by atoms with van der Waals surface area (Å²) >= 11 is 12.0. The Labute approximate surface area is 190 Å². The summed E-state index contributed by atoms with van der Waals surface area (Å²) in [5.74, 6) is -0.222. The number of hydrogen-bond donors (Lipinski definition) is 2. The van der Waals surface area contributed by atoms with Crippen LogP contribution in [0.1, 0.15) is 16.8 Å². The number of carbonyl (C=O) groups excluding carboxylic acids is 1. The summed E-state index contributed by atoms with van der Waals surface area (Å²) in [7, 11) is -2.37. The third kappa shape index (κ3) is 5.98. The Morgan fingerprint density at radius 3 is 2.68 bits per heavy atom. The van der Waals surface area contributed by atoms with Crippen molar-refractivity contribution in [3.05, 3.63) is 70.7 Å². The van der Waals surface area contributed by atoms with Crippen LogP contribution in [0.25, 0.3) is 0 Å². The van der Waals surface area contributed by atoms with E-state index in [4.69, 9.17) is 27.9 Å². The molecule has 2 aromatic carbocycles. The van der Waals surface area contributed by atoms with Crippen molar-refractivity contribution >= 4 is 44.8 Å². The van der Waals surface area contributed by atoms with E-state index in [1.165, 1.54) is 43.5 Å². The van der Waals surface area contributed by atoms with E-state index in [1.54, 1.807) is 18.7 Å². The zero-order chi connectivity index (χ0) is 22.4. The number of anilines is 1. The van der Waals surface area contributed by atoms with Crippen molar-refractivity contribution in [1.29, 1.82) is 0 Å². The van der Waals surface area contributed by atoms with Crippen LogP contribution in [0.2, 0.25) is 10.0 Å². The zero-order valence-electron chi connectivity index (χ0n) is 16.5. The van der Waals surface area contributed by atoms with Gasteiger partial charge in [-0.25, -0.2) is 18.1 Å². The number of benzene rings is 2. The molecule has 0 fully saturated rings. The van der Waals surface area contributed by atoms with Crippen molar-refractivity contribution in [3.8, 4) is 5.75 Å². The highest BCUT2D eigenvalue weighted by molar-refractivity contribution is 7.89. The predicted molar refractivity (Wildman–Crippen MR) is 119 cm³/mol. The van der Waals surface area contributed by atoms with Gasteiger partial charge in [-0.3, -0.25) is 4.79 Å². The molecule has 0 aliphatic rings. The number of sulfonamides is 1. The van der Waals surface area contributed by atoms with Gasteiger partial charge in [0, 0.05) is 30.5 Å². The Balaban J connectivity index is 1.73. The van der Waals surface area contributed by atoms with Gasteiger partial charge in [0.15, 0.2) is 0 Å². The van der Waals surface area contributed by atoms with E-state index < -0.39 is 15.9 Å². The number of nitrogens with one attached hydrogen (secondary N) is 2. The molecule has 0 saturated heterocycles. The van der Waals surface area contributed by atoms with E-state index >= 15 is 0 Å². The molecule has 164 valence electrons. The highest BCUT2D eigenvalue weighted by Gasteiger charge is 2.19. The second kappa shape index (κ2) is 10.1. The molecular formula is C20H20Cl2N4O4S. The van der Waals surface area contributed by atoms with Crippen molar-refractivity contribution < 1.29 is 17.9 Å². The minimum Gasteiger partial charge on any atom is -0.495 e. The first-order chi connectivity index (χ1) is 14.8. The monoisotopic (exact) mass is 482 g/mol. The molecule has 11 heteroatoms. The molecule has 0 spiro atoms. The lowest BCUT2D eigenvalue weighted by atomic mass is 10.2. The van der Waals surface area contributed by atoms with Gasteiger partial charge in [-0.2, -0.15) is 0 Å². The van der Waals surface area contributed by atoms with Crippen LogP contribution in [0, 0.1) is 0 Å². The highest BCUT2D eigenvalue weighted by atomic mass is 35.5. The molecule has 1 amide bonds. The van der Waals surface area contributed by atoms with Gasteiger partial charge in [-0.15, -0.1) is 0 Å². The third-order valence-electron chi connectivity index (χ3n) is 4.35. The number of imidazole rings is 1. The molecule has 1 heterocycles. The van der Waals surface area contributed by atoms with Gasteiger partial charge in [0.05, 0.1) is 34.6 Å². The molecular weight excluding hydrogens is 463 g/mol. The van der Waals surface area contributed by atoms with Gasteiger partial charge in [0.2, 0.25) is 10.0 Å². The number of ether oxygens (including phenoxy) is 1. The molecule has 0 bridgehead atoms. The van der Waals surface area contributed by atoms with Crippen LogP contribution >= 0.6 is 23.2 Å². The normalized spacial score (nSPS) is 11.3. The van der Waals surface area contributed by atoms with Crippen LogP contribution in [-0.2, 0) is 16.6 Å². The molecule has 0 radical (unpaired) electrons. The molecule has 0 atom stereocenters. The number of aryl methyl sites for hydroxylation is 1. The van der Waals surface area contributed by atoms with Crippen LogP contribution < -0.4 is 14.8 Å². The average Bonchev–Trinajstić information content (AvgIpc) is 3.24. The molecule has 3 rings (SSSR count). The summed E-state index contributed by atoms with van der Waals surface area (Å²) in [6.07, 6.45) is 5.72. The van der Waals surface area contributed by atoms with Crippen molar-refractivity contribution in [1.82, 2.24) is 14.3 Å². The summed E-state index contributed by atoms with van der Waals surface area (Å²) in [6, 6.07) is 8.67. The van der Waals surface area contributed by atoms with E-state index in [-0.39, 0.29) is 27.7 Å². The van der Waals surface area contributed by atoms with E-state index in [0.717, 1.165) is 0 Å². The fourth-order valence-electron chi connectivity index (χ4n) is 2.79. The van der Waals surface area contributed by atoms with Gasteiger partial charge < -0.3 is 14.6 Å². The van der Waals surface area contributed by atoms with Crippen molar-refractivity contribution in [2.45, 2.75) is 17.9 Å². The highest BCUT2D eigenvalue weighted by Crippen LogP contribution is 2.29. The average molecular weight is 483 g/mol. The molecule has 1 aromatic heterocycles. The second-order valence-electron chi connectivity index (χ2n) is 6.49. The smallest absolute Gasteiger partial charge is 0.257 e. The minimum atomic E-state index is -3.79. The summed E-state index contributed by atoms with van der Waals surface area (Å²) in [5, 5.41) is 3.21. The van der Waals surface area contributed by atoms with Crippen LogP contribution in [0.5, 0.6) is 5.75 Å². The standard InChI is InChI=1S/C20H20Cl2N4O4S/c1-30-19-6-4-15(31(28,29)24-7-2-9-26-10-8-23-13-26)12-18(19)25-20(27)16-5-3-14(21)11-17(16)22/h3-6,8,10-13,24H,2,7,9H2,1H3,(H,25,27). The molecule has 31 heavy (non-hydrogen) atoms. The first-order valence-corrected chi connectivity index (χ1v) is 11.4. The van der Waals surface area contributed by atoms with Crippen LogP contribution in [0.3, 0.4) is 0 Å². The molecule has 3 aromatic rings. The number of hydrogen-bond acceptors (Lipinski definition) is 5. The van der Waals surface area contributed by atoms with E-state index in [9.17, 15) is 13.2 Å². The lowest BCUT2D eigenvalue weighted by Crippen LogP contribution is -2.25. The molecule has 2 N–H and O–H groups in total. The third-order valence-corrected chi connectivity index (χ3v) is 6.36. The molecule has 8 nitrogen and oxygen atoms in total. The fourth-order valence-corrected chi connectivity index (χ4v) is 4.38. The van der Waals surface area contributed by atoms with Gasteiger partial charge >= 0.3 is 0 Å². The van der Waals surface area contributed by atoms with Gasteiger partial charge in [-0.05, 0) is 42.8 Å². The van der Waals surface area contributed by atoms with Crippen molar-refractivity contribution in [2.24, 2.45) is 0 Å². The number of nitrogens with zero attached hydrogens (tertiary/aromatic N) is 2. The lowest BCUT2D eigenvalue weighted by molar-refractivity contribution is 0.102. The number of amides is 1. The fraction of sp³-hybridized carbons (Fsp3) is 0.200. The Kier molecular flexibility index (Phi) is 7.55. The maximum atomic E-state index is 12.7. The largest absolute Gasteiger partial charge is 0.495 e. The first kappa shape index (κ1) is 23.1. The van der Waals surface area contributed by atoms with Crippen LogP contribution in [0.4, 0.5) is 5.69 Å². The summed E-state index contributed by atoms with van der Waals surface area (Å²) in [5.41, 5.74) is 0.388. The molecule has 0 saturated carbocycles. The first-order valence-electron chi connectivity index (χ1n) is 9.20. The Morgan fingerprint density at radius 2 is 2.00 bits per heavy atom.